The van der Waals surface area contributed by atoms with Gasteiger partial charge in [0.05, 0.1) is 0 Å². The van der Waals surface area contributed by atoms with Crippen LogP contribution in [-0.4, -0.2) is 34.8 Å². The highest BCUT2D eigenvalue weighted by molar-refractivity contribution is 5.96. The van der Waals surface area contributed by atoms with Gasteiger partial charge in [0.15, 0.2) is 0 Å². The van der Waals surface area contributed by atoms with Gasteiger partial charge in [-0.15, -0.1) is 0 Å². The van der Waals surface area contributed by atoms with Gasteiger partial charge in [-0.3, -0.25) is 9.59 Å². The normalized spacial score (nSPS) is 34.2. The van der Waals surface area contributed by atoms with Crippen molar-refractivity contribution in [3.05, 3.63) is 0 Å². The number of amides is 2. The summed E-state index contributed by atoms with van der Waals surface area (Å²) in [6.45, 7) is 8.28. The summed E-state index contributed by atoms with van der Waals surface area (Å²) in [5.41, 5.74) is 0. The Bertz CT molecular complexity index is 394. The fraction of sp³-hybridized carbons (Fsp3) is 0.882. The predicted octanol–water partition coefficient (Wildman–Crippen LogP) is 2.72. The lowest BCUT2D eigenvalue weighted by atomic mass is 9.82. The maximum Gasteiger partial charge on any atom is 0.246 e. The van der Waals surface area contributed by atoms with Crippen LogP contribution in [-0.2, 0) is 9.59 Å². The lowest BCUT2D eigenvalue weighted by Crippen LogP contribution is -2.65. The molecule has 4 heteroatoms. The lowest BCUT2D eigenvalue weighted by Gasteiger charge is -2.45. The lowest BCUT2D eigenvalue weighted by molar-refractivity contribution is -0.153. The fourth-order valence-corrected chi connectivity index (χ4v) is 3.86. The van der Waals surface area contributed by atoms with Crippen molar-refractivity contribution >= 4 is 11.8 Å². The molecule has 4 nitrogen and oxygen atoms in total. The van der Waals surface area contributed by atoms with E-state index in [9.17, 15) is 9.59 Å². The van der Waals surface area contributed by atoms with Crippen molar-refractivity contribution in [3.8, 4) is 0 Å². The Labute approximate surface area is 128 Å². The maximum absolute atomic E-state index is 12.8. The molecule has 2 aliphatic rings. The fourth-order valence-electron chi connectivity index (χ4n) is 3.86. The zero-order valence-electron chi connectivity index (χ0n) is 13.9. The van der Waals surface area contributed by atoms with E-state index in [1.165, 1.54) is 19.3 Å². The van der Waals surface area contributed by atoms with E-state index in [0.717, 1.165) is 19.3 Å². The van der Waals surface area contributed by atoms with Crippen LogP contribution in [0.15, 0.2) is 0 Å². The zero-order valence-corrected chi connectivity index (χ0v) is 13.9. The maximum atomic E-state index is 12.8. The molecule has 1 heterocycles. The van der Waals surface area contributed by atoms with Crippen LogP contribution in [0, 0.1) is 11.8 Å². The van der Waals surface area contributed by atoms with E-state index >= 15 is 0 Å². The van der Waals surface area contributed by atoms with E-state index in [-0.39, 0.29) is 29.9 Å². The van der Waals surface area contributed by atoms with Gasteiger partial charge in [0, 0.05) is 6.04 Å². The summed E-state index contributed by atoms with van der Waals surface area (Å²) in [6.07, 6.45) is 6.47. The molecule has 1 saturated carbocycles. The van der Waals surface area contributed by atoms with E-state index in [1.54, 1.807) is 0 Å². The molecule has 2 fully saturated rings. The highest BCUT2D eigenvalue weighted by Gasteiger charge is 2.42. The molecule has 0 spiro atoms. The molecular weight excluding hydrogens is 264 g/mol. The van der Waals surface area contributed by atoms with Crippen LogP contribution in [0.25, 0.3) is 0 Å². The van der Waals surface area contributed by atoms with E-state index in [4.69, 9.17) is 0 Å². The van der Waals surface area contributed by atoms with E-state index < -0.39 is 0 Å². The molecule has 1 N–H and O–H groups in total. The molecule has 0 bridgehead atoms. The zero-order chi connectivity index (χ0) is 15.6. The summed E-state index contributed by atoms with van der Waals surface area (Å²) >= 11 is 0. The molecule has 0 aromatic rings. The van der Waals surface area contributed by atoms with Gasteiger partial charge in [0.1, 0.15) is 12.1 Å². The second kappa shape index (κ2) is 6.80. The highest BCUT2D eigenvalue weighted by Crippen LogP contribution is 2.32. The second-order valence-electron chi connectivity index (χ2n) is 7.21. The Morgan fingerprint density at radius 3 is 2.62 bits per heavy atom. The summed E-state index contributed by atoms with van der Waals surface area (Å²) in [5.74, 6) is 1.26. The minimum Gasteiger partial charge on any atom is -0.343 e. The molecule has 0 radical (unpaired) electrons. The van der Waals surface area contributed by atoms with Crippen LogP contribution in [0.3, 0.4) is 0 Å². The van der Waals surface area contributed by atoms with Crippen LogP contribution in [0.1, 0.15) is 66.2 Å². The number of nitrogens with one attached hydrogen (secondary N) is 1. The van der Waals surface area contributed by atoms with Gasteiger partial charge in [0.25, 0.3) is 0 Å². The third kappa shape index (κ3) is 3.58. The molecule has 1 aliphatic heterocycles. The molecule has 2 rings (SSSR count). The van der Waals surface area contributed by atoms with Crippen molar-refractivity contribution in [3.63, 3.8) is 0 Å². The van der Waals surface area contributed by atoms with Crippen molar-refractivity contribution in [1.29, 1.82) is 0 Å². The Kier molecular flexibility index (Phi) is 5.28. The van der Waals surface area contributed by atoms with E-state index in [0.29, 0.717) is 11.8 Å². The van der Waals surface area contributed by atoms with Crippen LogP contribution in [0.4, 0.5) is 0 Å². The van der Waals surface area contributed by atoms with Crippen molar-refractivity contribution in [2.24, 2.45) is 11.8 Å². The molecule has 21 heavy (non-hydrogen) atoms. The van der Waals surface area contributed by atoms with Gasteiger partial charge in [-0.2, -0.15) is 0 Å². The molecule has 0 aromatic carbocycles. The van der Waals surface area contributed by atoms with Crippen molar-refractivity contribution < 1.29 is 9.59 Å². The van der Waals surface area contributed by atoms with Crippen molar-refractivity contribution in [1.82, 2.24) is 10.2 Å². The summed E-state index contributed by atoms with van der Waals surface area (Å²) in [6, 6.07) is -0.385. The van der Waals surface area contributed by atoms with Crippen LogP contribution < -0.4 is 5.32 Å². The smallest absolute Gasteiger partial charge is 0.246 e. The summed E-state index contributed by atoms with van der Waals surface area (Å²) in [4.78, 5) is 27.0. The monoisotopic (exact) mass is 294 g/mol. The third-order valence-electron chi connectivity index (χ3n) is 5.10. The average Bonchev–Trinajstić information content (AvgIpc) is 2.45. The highest BCUT2D eigenvalue weighted by atomic mass is 16.2. The first kappa shape index (κ1) is 16.3. The second-order valence-corrected chi connectivity index (χ2v) is 7.21. The topological polar surface area (TPSA) is 49.4 Å². The third-order valence-corrected chi connectivity index (χ3v) is 5.10. The first-order valence-corrected chi connectivity index (χ1v) is 8.56. The van der Waals surface area contributed by atoms with Gasteiger partial charge in [-0.05, 0) is 38.0 Å². The number of rotatable bonds is 4. The Morgan fingerprint density at radius 2 is 2.00 bits per heavy atom. The number of piperazine rings is 1. The van der Waals surface area contributed by atoms with Crippen molar-refractivity contribution in [2.75, 3.05) is 0 Å². The minimum absolute atomic E-state index is 0.0128. The van der Waals surface area contributed by atoms with Gasteiger partial charge >= 0.3 is 0 Å². The molecule has 0 aromatic heterocycles. The SMILES string of the molecule is CCC1CCCC(N2C(=O)C(CC(C)C)NC(=O)C2C)C1. The summed E-state index contributed by atoms with van der Waals surface area (Å²) in [5, 5.41) is 2.91. The first-order chi connectivity index (χ1) is 9.93. The number of carbonyl (C=O) groups is 2. The number of hydrogen-bond acceptors (Lipinski definition) is 2. The molecule has 2 amide bonds. The molecule has 4 unspecified atom stereocenters. The Balaban J connectivity index is 2.14. The first-order valence-electron chi connectivity index (χ1n) is 8.56. The standard InChI is InChI=1S/C17H30N2O2/c1-5-13-7-6-8-14(10-13)19-12(4)16(20)18-15(17(19)21)9-11(2)3/h11-15H,5-10H2,1-4H3,(H,18,20). The molecular formula is C17H30N2O2. The number of nitrogens with zero attached hydrogens (tertiary/aromatic N) is 1. The Morgan fingerprint density at radius 1 is 1.29 bits per heavy atom. The van der Waals surface area contributed by atoms with Crippen molar-refractivity contribution in [2.45, 2.75) is 84.3 Å². The van der Waals surface area contributed by atoms with Gasteiger partial charge in [-0.1, -0.05) is 40.0 Å². The molecule has 1 saturated heterocycles. The summed E-state index contributed by atoms with van der Waals surface area (Å²) < 4.78 is 0. The minimum atomic E-state index is -0.323. The number of carbonyl (C=O) groups excluding carboxylic acids is 2. The van der Waals surface area contributed by atoms with Gasteiger partial charge in [-0.25, -0.2) is 0 Å². The quantitative estimate of drug-likeness (QED) is 0.866. The summed E-state index contributed by atoms with van der Waals surface area (Å²) in [7, 11) is 0. The van der Waals surface area contributed by atoms with E-state index in [1.807, 2.05) is 11.8 Å². The van der Waals surface area contributed by atoms with Gasteiger partial charge in [0.2, 0.25) is 11.8 Å². The molecule has 4 atom stereocenters. The Hall–Kier alpha value is -1.06. The van der Waals surface area contributed by atoms with E-state index in [2.05, 4.69) is 26.1 Å². The predicted molar refractivity (Wildman–Crippen MR) is 83.7 cm³/mol. The molecule has 1 aliphatic carbocycles. The van der Waals surface area contributed by atoms with Crippen LogP contribution in [0.2, 0.25) is 0 Å². The van der Waals surface area contributed by atoms with Crippen LogP contribution >= 0.6 is 0 Å². The average molecular weight is 294 g/mol. The molecule has 120 valence electrons. The van der Waals surface area contributed by atoms with Gasteiger partial charge < -0.3 is 10.2 Å². The largest absolute Gasteiger partial charge is 0.343 e. The van der Waals surface area contributed by atoms with Crippen LogP contribution in [0.5, 0.6) is 0 Å². The number of hydrogen-bond donors (Lipinski definition) is 1.